The highest BCUT2D eigenvalue weighted by atomic mass is 15.3. The van der Waals surface area contributed by atoms with Crippen molar-refractivity contribution in [2.75, 3.05) is 13.1 Å². The van der Waals surface area contributed by atoms with Crippen LogP contribution in [-0.4, -0.2) is 30.2 Å². The minimum atomic E-state index is 0.745. The SMILES string of the molecule is C1=NC2=C(CC[C@H]3CCCC[C@@H]23)C2=NCCN12. The lowest BCUT2D eigenvalue weighted by molar-refractivity contribution is 0.241. The first kappa shape index (κ1) is 9.86. The van der Waals surface area contributed by atoms with E-state index in [4.69, 9.17) is 4.99 Å². The Balaban J connectivity index is 1.75. The Bertz CT molecular complexity index is 433. The molecule has 0 aromatic carbocycles. The molecule has 1 saturated carbocycles. The second-order valence-corrected chi connectivity index (χ2v) is 5.70. The summed E-state index contributed by atoms with van der Waals surface area (Å²) in [6, 6.07) is 0. The molecular formula is C14H19N3. The van der Waals surface area contributed by atoms with Gasteiger partial charge in [0.05, 0.1) is 18.6 Å². The molecule has 2 atom stereocenters. The van der Waals surface area contributed by atoms with Crippen molar-refractivity contribution in [2.24, 2.45) is 21.8 Å². The number of hydrogen-bond acceptors (Lipinski definition) is 3. The molecule has 2 aliphatic carbocycles. The fourth-order valence-electron chi connectivity index (χ4n) is 3.97. The van der Waals surface area contributed by atoms with Crippen LogP contribution in [0, 0.1) is 11.8 Å². The van der Waals surface area contributed by atoms with Crippen molar-refractivity contribution in [1.29, 1.82) is 0 Å². The van der Waals surface area contributed by atoms with Gasteiger partial charge in [0, 0.05) is 18.0 Å². The summed E-state index contributed by atoms with van der Waals surface area (Å²) in [5, 5.41) is 0. The molecule has 0 N–H and O–H groups in total. The van der Waals surface area contributed by atoms with E-state index in [0.717, 1.165) is 24.9 Å². The van der Waals surface area contributed by atoms with Gasteiger partial charge >= 0.3 is 0 Å². The highest BCUT2D eigenvalue weighted by Gasteiger charge is 2.37. The molecule has 2 aliphatic heterocycles. The lowest BCUT2D eigenvalue weighted by Gasteiger charge is -2.39. The molecule has 0 amide bonds. The molecule has 0 unspecified atom stereocenters. The van der Waals surface area contributed by atoms with Gasteiger partial charge in [-0.2, -0.15) is 0 Å². The molecule has 17 heavy (non-hydrogen) atoms. The van der Waals surface area contributed by atoms with Crippen LogP contribution in [0.5, 0.6) is 0 Å². The average molecular weight is 229 g/mol. The Kier molecular flexibility index (Phi) is 2.14. The van der Waals surface area contributed by atoms with Crippen LogP contribution in [0.3, 0.4) is 0 Å². The van der Waals surface area contributed by atoms with Gasteiger partial charge in [0.15, 0.2) is 0 Å². The summed E-state index contributed by atoms with van der Waals surface area (Å²) in [7, 11) is 0. The van der Waals surface area contributed by atoms with E-state index < -0.39 is 0 Å². The van der Waals surface area contributed by atoms with Crippen molar-refractivity contribution in [3.63, 3.8) is 0 Å². The number of hydrogen-bond donors (Lipinski definition) is 0. The summed E-state index contributed by atoms with van der Waals surface area (Å²) in [5.41, 5.74) is 2.88. The zero-order chi connectivity index (χ0) is 11.2. The minimum Gasteiger partial charge on any atom is -0.315 e. The monoisotopic (exact) mass is 229 g/mol. The van der Waals surface area contributed by atoms with Crippen LogP contribution in [0.1, 0.15) is 38.5 Å². The van der Waals surface area contributed by atoms with Gasteiger partial charge in [-0.3, -0.25) is 4.99 Å². The van der Waals surface area contributed by atoms with Crippen molar-refractivity contribution in [1.82, 2.24) is 4.90 Å². The number of rotatable bonds is 0. The van der Waals surface area contributed by atoms with Crippen LogP contribution in [0.4, 0.5) is 0 Å². The van der Waals surface area contributed by atoms with Crippen molar-refractivity contribution in [3.05, 3.63) is 11.3 Å². The van der Waals surface area contributed by atoms with E-state index in [9.17, 15) is 0 Å². The number of fused-ring (bicyclic) bond motifs is 4. The standard InChI is InChI=1S/C14H19N3/c1-2-4-11-10(3-1)5-6-12-13(11)16-9-17-8-7-15-14(12)17/h9-11H,1-8H2/t10-,11-/m1/s1. The average Bonchev–Trinajstić information content (AvgIpc) is 2.86. The summed E-state index contributed by atoms with van der Waals surface area (Å²) < 4.78 is 0. The summed E-state index contributed by atoms with van der Waals surface area (Å²) in [6.07, 6.45) is 10.2. The molecule has 0 spiro atoms. The Morgan fingerprint density at radius 1 is 1.18 bits per heavy atom. The van der Waals surface area contributed by atoms with Crippen LogP contribution in [0.2, 0.25) is 0 Å². The molecule has 2 heterocycles. The van der Waals surface area contributed by atoms with Crippen LogP contribution in [0.25, 0.3) is 0 Å². The molecule has 0 aromatic rings. The molecule has 1 fully saturated rings. The van der Waals surface area contributed by atoms with Crippen molar-refractivity contribution < 1.29 is 0 Å². The summed E-state index contributed by atoms with van der Waals surface area (Å²) in [4.78, 5) is 11.7. The molecule has 0 radical (unpaired) electrons. The van der Waals surface area contributed by atoms with E-state index in [1.165, 1.54) is 55.6 Å². The molecule has 4 rings (SSSR count). The van der Waals surface area contributed by atoms with Crippen molar-refractivity contribution in [2.45, 2.75) is 38.5 Å². The Morgan fingerprint density at radius 3 is 3.12 bits per heavy atom. The number of nitrogens with zero attached hydrogens (tertiary/aromatic N) is 3. The predicted molar refractivity (Wildman–Crippen MR) is 69.2 cm³/mol. The lowest BCUT2D eigenvalue weighted by atomic mass is 9.70. The second kappa shape index (κ2) is 3.69. The van der Waals surface area contributed by atoms with E-state index in [1.807, 2.05) is 6.34 Å². The third-order valence-electron chi connectivity index (χ3n) is 4.82. The predicted octanol–water partition coefficient (Wildman–Crippen LogP) is 2.60. The normalized spacial score (nSPS) is 35.3. The number of allylic oxidation sites excluding steroid dienone is 1. The molecule has 3 nitrogen and oxygen atoms in total. The zero-order valence-electron chi connectivity index (χ0n) is 10.2. The zero-order valence-corrected chi connectivity index (χ0v) is 10.2. The van der Waals surface area contributed by atoms with Crippen LogP contribution in [-0.2, 0) is 0 Å². The first-order valence-electron chi connectivity index (χ1n) is 7.02. The maximum absolute atomic E-state index is 4.78. The molecule has 4 aliphatic rings. The van der Waals surface area contributed by atoms with Gasteiger partial charge in [-0.05, 0) is 31.6 Å². The van der Waals surface area contributed by atoms with Gasteiger partial charge in [0.1, 0.15) is 5.84 Å². The fourth-order valence-corrected chi connectivity index (χ4v) is 3.97. The summed E-state index contributed by atoms with van der Waals surface area (Å²) in [6.45, 7) is 1.98. The molecular weight excluding hydrogens is 210 g/mol. The quantitative estimate of drug-likeness (QED) is 0.627. The molecule has 0 saturated heterocycles. The molecule has 3 heteroatoms. The fraction of sp³-hybridized carbons (Fsp3) is 0.714. The van der Waals surface area contributed by atoms with Gasteiger partial charge in [-0.15, -0.1) is 0 Å². The first-order chi connectivity index (χ1) is 8.43. The third-order valence-corrected chi connectivity index (χ3v) is 4.82. The Labute approximate surface area is 102 Å². The highest BCUT2D eigenvalue weighted by molar-refractivity contribution is 6.07. The van der Waals surface area contributed by atoms with Gasteiger partial charge in [0.25, 0.3) is 0 Å². The largest absolute Gasteiger partial charge is 0.315 e. The van der Waals surface area contributed by atoms with Crippen LogP contribution < -0.4 is 0 Å². The first-order valence-corrected chi connectivity index (χ1v) is 7.02. The minimum absolute atomic E-state index is 0.745. The number of amidine groups is 1. The third kappa shape index (κ3) is 1.41. The van der Waals surface area contributed by atoms with Gasteiger partial charge in [0.2, 0.25) is 0 Å². The van der Waals surface area contributed by atoms with E-state index in [0.29, 0.717) is 0 Å². The van der Waals surface area contributed by atoms with Crippen LogP contribution in [0.15, 0.2) is 21.3 Å². The highest BCUT2D eigenvalue weighted by Crippen LogP contribution is 2.45. The smallest absolute Gasteiger partial charge is 0.133 e. The molecule has 90 valence electrons. The number of aliphatic imine (C=N–C) groups is 2. The summed E-state index contributed by atoms with van der Waals surface area (Å²) in [5.74, 6) is 2.90. The molecule has 0 aromatic heterocycles. The second-order valence-electron chi connectivity index (χ2n) is 5.70. The van der Waals surface area contributed by atoms with Crippen molar-refractivity contribution >= 4 is 12.2 Å². The maximum atomic E-state index is 4.78. The molecule has 0 bridgehead atoms. The Hall–Kier alpha value is -1.12. The van der Waals surface area contributed by atoms with E-state index in [1.54, 1.807) is 0 Å². The lowest BCUT2D eigenvalue weighted by Crippen LogP contribution is -2.36. The van der Waals surface area contributed by atoms with Gasteiger partial charge in [-0.25, -0.2) is 4.99 Å². The van der Waals surface area contributed by atoms with Crippen LogP contribution >= 0.6 is 0 Å². The van der Waals surface area contributed by atoms with E-state index in [-0.39, 0.29) is 0 Å². The van der Waals surface area contributed by atoms with E-state index >= 15 is 0 Å². The summed E-state index contributed by atoms with van der Waals surface area (Å²) >= 11 is 0. The topological polar surface area (TPSA) is 28.0 Å². The van der Waals surface area contributed by atoms with E-state index in [2.05, 4.69) is 9.89 Å². The van der Waals surface area contributed by atoms with Gasteiger partial charge in [-0.1, -0.05) is 12.8 Å². The van der Waals surface area contributed by atoms with Crippen molar-refractivity contribution in [3.8, 4) is 0 Å². The Morgan fingerprint density at radius 2 is 2.12 bits per heavy atom. The maximum Gasteiger partial charge on any atom is 0.133 e. The van der Waals surface area contributed by atoms with Gasteiger partial charge < -0.3 is 4.90 Å².